The van der Waals surface area contributed by atoms with Crippen molar-refractivity contribution in [1.82, 2.24) is 15.5 Å². The van der Waals surface area contributed by atoms with Crippen molar-refractivity contribution < 1.29 is 4.79 Å². The van der Waals surface area contributed by atoms with Crippen molar-refractivity contribution in [3.63, 3.8) is 0 Å². The molecule has 12 heavy (non-hydrogen) atoms. The van der Waals surface area contributed by atoms with Gasteiger partial charge in [-0.25, -0.2) is 0 Å². The van der Waals surface area contributed by atoms with Gasteiger partial charge in [0.05, 0.1) is 6.54 Å². The predicted octanol–water partition coefficient (Wildman–Crippen LogP) is -0.972. The monoisotopic (exact) mass is 171 g/mol. The van der Waals surface area contributed by atoms with Crippen molar-refractivity contribution in [1.29, 1.82) is 0 Å². The molecule has 0 unspecified atom stereocenters. The summed E-state index contributed by atoms with van der Waals surface area (Å²) in [6.07, 6.45) is 1.06. The third-order valence-electron chi connectivity index (χ3n) is 2.02. The fraction of sp³-hybridized carbons (Fsp3) is 0.875. The molecule has 0 spiro atoms. The molecule has 1 amide bonds. The van der Waals surface area contributed by atoms with E-state index in [4.69, 9.17) is 0 Å². The first-order valence-corrected chi connectivity index (χ1v) is 4.47. The van der Waals surface area contributed by atoms with Gasteiger partial charge in [-0.2, -0.15) is 0 Å². The molecule has 1 heterocycles. The van der Waals surface area contributed by atoms with Crippen LogP contribution in [0, 0.1) is 0 Å². The molecule has 2 N–H and O–H groups in total. The normalized spacial score (nSPS) is 18.9. The summed E-state index contributed by atoms with van der Waals surface area (Å²) < 4.78 is 0. The van der Waals surface area contributed by atoms with E-state index < -0.39 is 0 Å². The SMILES string of the molecule is CNCC(=O)N1CCCNCC1. The number of likely N-dealkylation sites (N-methyl/N-ethyl adjacent to an activating group) is 1. The smallest absolute Gasteiger partial charge is 0.236 e. The Hall–Kier alpha value is -0.610. The Labute approximate surface area is 73.3 Å². The van der Waals surface area contributed by atoms with Gasteiger partial charge in [-0.1, -0.05) is 0 Å². The van der Waals surface area contributed by atoms with Gasteiger partial charge in [0.1, 0.15) is 0 Å². The highest BCUT2D eigenvalue weighted by atomic mass is 16.2. The zero-order valence-electron chi connectivity index (χ0n) is 7.60. The van der Waals surface area contributed by atoms with Crippen LogP contribution in [-0.4, -0.2) is 50.6 Å². The van der Waals surface area contributed by atoms with E-state index in [0.717, 1.165) is 32.6 Å². The number of carbonyl (C=O) groups excluding carboxylic acids is 1. The number of nitrogens with one attached hydrogen (secondary N) is 2. The summed E-state index contributed by atoms with van der Waals surface area (Å²) in [6.45, 7) is 4.16. The summed E-state index contributed by atoms with van der Waals surface area (Å²) in [7, 11) is 1.80. The molecule has 0 aromatic rings. The minimum Gasteiger partial charge on any atom is -0.340 e. The van der Waals surface area contributed by atoms with Crippen LogP contribution in [0.2, 0.25) is 0 Å². The van der Waals surface area contributed by atoms with Gasteiger partial charge in [0.2, 0.25) is 5.91 Å². The van der Waals surface area contributed by atoms with Gasteiger partial charge in [-0.3, -0.25) is 4.79 Å². The third-order valence-corrected chi connectivity index (χ3v) is 2.02. The molecule has 1 aliphatic rings. The van der Waals surface area contributed by atoms with E-state index in [1.807, 2.05) is 4.90 Å². The van der Waals surface area contributed by atoms with E-state index in [1.165, 1.54) is 0 Å². The molecule has 4 heteroatoms. The average Bonchev–Trinajstić information content (AvgIpc) is 2.32. The minimum absolute atomic E-state index is 0.209. The number of rotatable bonds is 2. The molecule has 0 aromatic heterocycles. The number of hydrogen-bond acceptors (Lipinski definition) is 3. The van der Waals surface area contributed by atoms with E-state index in [2.05, 4.69) is 10.6 Å². The van der Waals surface area contributed by atoms with Crippen LogP contribution in [0.3, 0.4) is 0 Å². The fourth-order valence-electron chi connectivity index (χ4n) is 1.36. The average molecular weight is 171 g/mol. The van der Waals surface area contributed by atoms with Crippen LogP contribution in [-0.2, 0) is 4.79 Å². The van der Waals surface area contributed by atoms with E-state index in [-0.39, 0.29) is 5.91 Å². The van der Waals surface area contributed by atoms with Gasteiger partial charge in [0.15, 0.2) is 0 Å². The number of carbonyl (C=O) groups is 1. The lowest BCUT2D eigenvalue weighted by Crippen LogP contribution is -2.39. The summed E-state index contributed by atoms with van der Waals surface area (Å²) in [5.41, 5.74) is 0. The summed E-state index contributed by atoms with van der Waals surface area (Å²) in [4.78, 5) is 13.3. The van der Waals surface area contributed by atoms with E-state index in [0.29, 0.717) is 6.54 Å². The van der Waals surface area contributed by atoms with Crippen LogP contribution in [0.15, 0.2) is 0 Å². The van der Waals surface area contributed by atoms with E-state index in [1.54, 1.807) is 7.05 Å². The molecule has 1 saturated heterocycles. The lowest BCUT2D eigenvalue weighted by molar-refractivity contribution is -0.129. The van der Waals surface area contributed by atoms with Crippen LogP contribution in [0.25, 0.3) is 0 Å². The molecule has 0 bridgehead atoms. The largest absolute Gasteiger partial charge is 0.340 e. The van der Waals surface area contributed by atoms with Gasteiger partial charge in [0, 0.05) is 19.6 Å². The van der Waals surface area contributed by atoms with Crippen molar-refractivity contribution in [2.45, 2.75) is 6.42 Å². The number of hydrogen-bond donors (Lipinski definition) is 2. The number of nitrogens with zero attached hydrogens (tertiary/aromatic N) is 1. The Morgan fingerprint density at radius 3 is 3.08 bits per heavy atom. The van der Waals surface area contributed by atoms with Crippen molar-refractivity contribution in [2.24, 2.45) is 0 Å². The second kappa shape index (κ2) is 5.11. The van der Waals surface area contributed by atoms with Crippen LogP contribution in [0.5, 0.6) is 0 Å². The highest BCUT2D eigenvalue weighted by molar-refractivity contribution is 5.78. The Morgan fingerprint density at radius 1 is 1.50 bits per heavy atom. The second-order valence-electron chi connectivity index (χ2n) is 3.01. The molecular formula is C8H17N3O. The molecule has 1 fully saturated rings. The second-order valence-corrected chi connectivity index (χ2v) is 3.01. The quantitative estimate of drug-likeness (QED) is 0.562. The Balaban J connectivity index is 2.32. The predicted molar refractivity (Wildman–Crippen MR) is 48.0 cm³/mol. The third kappa shape index (κ3) is 2.79. The van der Waals surface area contributed by atoms with Gasteiger partial charge >= 0.3 is 0 Å². The van der Waals surface area contributed by atoms with Crippen LogP contribution < -0.4 is 10.6 Å². The van der Waals surface area contributed by atoms with Gasteiger partial charge < -0.3 is 15.5 Å². The maximum Gasteiger partial charge on any atom is 0.236 e. The zero-order valence-corrected chi connectivity index (χ0v) is 7.60. The topological polar surface area (TPSA) is 44.4 Å². The van der Waals surface area contributed by atoms with Gasteiger partial charge in [-0.05, 0) is 20.0 Å². The molecule has 70 valence electrons. The highest BCUT2D eigenvalue weighted by Gasteiger charge is 2.13. The summed E-state index contributed by atoms with van der Waals surface area (Å²) in [6, 6.07) is 0. The maximum absolute atomic E-state index is 11.4. The highest BCUT2D eigenvalue weighted by Crippen LogP contribution is 1.94. The van der Waals surface area contributed by atoms with Crippen LogP contribution in [0.1, 0.15) is 6.42 Å². The van der Waals surface area contributed by atoms with E-state index in [9.17, 15) is 4.79 Å². The Bertz CT molecular complexity index is 141. The lowest BCUT2D eigenvalue weighted by atomic mass is 10.4. The van der Waals surface area contributed by atoms with Crippen LogP contribution in [0.4, 0.5) is 0 Å². The first-order valence-electron chi connectivity index (χ1n) is 4.47. The molecule has 0 aromatic carbocycles. The van der Waals surface area contributed by atoms with Gasteiger partial charge in [0.25, 0.3) is 0 Å². The maximum atomic E-state index is 11.4. The molecule has 0 radical (unpaired) electrons. The molecular weight excluding hydrogens is 154 g/mol. The fourth-order valence-corrected chi connectivity index (χ4v) is 1.36. The standard InChI is InChI=1S/C8H17N3O/c1-9-7-8(12)11-5-2-3-10-4-6-11/h9-10H,2-7H2,1H3. The Morgan fingerprint density at radius 2 is 2.33 bits per heavy atom. The van der Waals surface area contributed by atoms with Crippen molar-refractivity contribution in [2.75, 3.05) is 39.8 Å². The number of amides is 1. The van der Waals surface area contributed by atoms with Crippen molar-refractivity contribution >= 4 is 5.91 Å². The minimum atomic E-state index is 0.209. The van der Waals surface area contributed by atoms with Gasteiger partial charge in [-0.15, -0.1) is 0 Å². The van der Waals surface area contributed by atoms with Crippen LogP contribution >= 0.6 is 0 Å². The first-order chi connectivity index (χ1) is 5.84. The molecule has 1 rings (SSSR count). The van der Waals surface area contributed by atoms with Crippen molar-refractivity contribution in [3.8, 4) is 0 Å². The summed E-state index contributed by atoms with van der Waals surface area (Å²) >= 11 is 0. The Kier molecular flexibility index (Phi) is 4.04. The zero-order chi connectivity index (χ0) is 8.81. The summed E-state index contributed by atoms with van der Waals surface area (Å²) in [5.74, 6) is 0.209. The lowest BCUT2D eigenvalue weighted by Gasteiger charge is -2.19. The molecule has 4 nitrogen and oxygen atoms in total. The molecule has 0 atom stereocenters. The van der Waals surface area contributed by atoms with E-state index >= 15 is 0 Å². The molecule has 0 aliphatic carbocycles. The molecule has 1 aliphatic heterocycles. The molecule has 0 saturated carbocycles. The van der Waals surface area contributed by atoms with Crippen molar-refractivity contribution in [3.05, 3.63) is 0 Å². The summed E-state index contributed by atoms with van der Waals surface area (Å²) in [5, 5.41) is 6.13. The first kappa shape index (κ1) is 9.48.